The molecule has 3 aromatic rings. The fraction of sp³-hybridized carbons (Fsp3) is 0.423. The van der Waals surface area contributed by atoms with Crippen molar-refractivity contribution in [1.82, 2.24) is 19.9 Å². The summed E-state index contributed by atoms with van der Waals surface area (Å²) in [6, 6.07) is 10.6. The van der Waals surface area contributed by atoms with Crippen LogP contribution in [0.15, 0.2) is 48.8 Å². The van der Waals surface area contributed by atoms with Crippen LogP contribution in [0.2, 0.25) is 0 Å². The van der Waals surface area contributed by atoms with Gasteiger partial charge in [-0.05, 0) is 36.4 Å². The number of piperidine rings is 1. The number of aromatic nitrogens is 4. The molecule has 3 fully saturated rings. The van der Waals surface area contributed by atoms with Crippen molar-refractivity contribution in [2.24, 2.45) is 0 Å². The van der Waals surface area contributed by atoms with Gasteiger partial charge in [0.25, 0.3) is 0 Å². The van der Waals surface area contributed by atoms with Crippen molar-refractivity contribution in [3.8, 4) is 11.4 Å². The smallest absolute Gasteiger partial charge is 0.323 e. The van der Waals surface area contributed by atoms with E-state index < -0.39 is 5.79 Å². The Balaban J connectivity index is 1.21. The van der Waals surface area contributed by atoms with Crippen molar-refractivity contribution in [2.45, 2.75) is 18.6 Å². The number of hydrogen-bond donors (Lipinski definition) is 2. The van der Waals surface area contributed by atoms with Crippen molar-refractivity contribution in [3.05, 3.63) is 48.8 Å². The quantitative estimate of drug-likeness (QED) is 0.521. The summed E-state index contributed by atoms with van der Waals surface area (Å²) in [5.74, 6) is 1.39. The van der Waals surface area contributed by atoms with Gasteiger partial charge < -0.3 is 34.6 Å². The molecule has 0 bridgehead atoms. The lowest BCUT2D eigenvalue weighted by molar-refractivity contribution is -0.169. The predicted molar refractivity (Wildman–Crippen MR) is 141 cm³/mol. The molecule has 0 saturated carbocycles. The van der Waals surface area contributed by atoms with Crippen LogP contribution >= 0.6 is 0 Å². The van der Waals surface area contributed by atoms with E-state index in [1.165, 1.54) is 0 Å². The van der Waals surface area contributed by atoms with Crippen molar-refractivity contribution in [1.29, 1.82) is 0 Å². The van der Waals surface area contributed by atoms with E-state index in [1.54, 1.807) is 24.5 Å². The van der Waals surface area contributed by atoms with Gasteiger partial charge >= 0.3 is 6.03 Å². The Bertz CT molecular complexity index is 1240. The highest BCUT2D eigenvalue weighted by Gasteiger charge is 2.40. The SMILES string of the molecule is O=C(Nc1ccc(-c2nc(N3CCOCC3)nc(N3CCC4(CC3)OCCO4)n2)cc1)Nc1cccnc1. The molecule has 0 unspecified atom stereocenters. The van der Waals surface area contributed by atoms with Crippen molar-refractivity contribution in [3.63, 3.8) is 0 Å². The number of nitrogens with zero attached hydrogens (tertiary/aromatic N) is 6. The molecule has 38 heavy (non-hydrogen) atoms. The number of benzene rings is 1. The van der Waals surface area contributed by atoms with Gasteiger partial charge in [-0.1, -0.05) is 0 Å². The molecular weight excluding hydrogens is 488 g/mol. The Morgan fingerprint density at radius 1 is 0.789 bits per heavy atom. The third-order valence-electron chi connectivity index (χ3n) is 6.85. The number of amides is 2. The average Bonchev–Trinajstić information content (AvgIpc) is 3.42. The zero-order chi connectivity index (χ0) is 25.8. The molecule has 3 aliphatic rings. The van der Waals surface area contributed by atoms with Crippen molar-refractivity contribution < 1.29 is 19.0 Å². The van der Waals surface area contributed by atoms with E-state index in [2.05, 4.69) is 25.4 Å². The summed E-state index contributed by atoms with van der Waals surface area (Å²) in [5, 5.41) is 5.59. The number of ether oxygens (including phenoxy) is 3. The minimum atomic E-state index is -0.467. The maximum atomic E-state index is 12.3. The van der Waals surface area contributed by atoms with Gasteiger partial charge in [0.2, 0.25) is 11.9 Å². The van der Waals surface area contributed by atoms with Crippen molar-refractivity contribution in [2.75, 3.05) is 73.0 Å². The Morgan fingerprint density at radius 2 is 1.45 bits per heavy atom. The summed E-state index contributed by atoms with van der Waals surface area (Å²) in [7, 11) is 0. The van der Waals surface area contributed by atoms with E-state index in [4.69, 9.17) is 29.2 Å². The molecule has 0 aliphatic carbocycles. The number of pyridine rings is 1. The van der Waals surface area contributed by atoms with Crippen LogP contribution in [0, 0.1) is 0 Å². The monoisotopic (exact) mass is 518 g/mol. The molecule has 198 valence electrons. The second-order valence-electron chi connectivity index (χ2n) is 9.35. The number of carbonyl (C=O) groups excluding carboxylic acids is 1. The fourth-order valence-electron chi connectivity index (χ4n) is 4.80. The van der Waals surface area contributed by atoms with E-state index >= 15 is 0 Å². The van der Waals surface area contributed by atoms with Gasteiger partial charge in [0.15, 0.2) is 11.6 Å². The maximum Gasteiger partial charge on any atom is 0.323 e. The summed E-state index contributed by atoms with van der Waals surface area (Å²) >= 11 is 0. The zero-order valence-electron chi connectivity index (χ0n) is 21.0. The molecule has 12 nitrogen and oxygen atoms in total. The number of nitrogens with one attached hydrogen (secondary N) is 2. The van der Waals surface area contributed by atoms with Gasteiger partial charge in [-0.15, -0.1) is 0 Å². The van der Waals surface area contributed by atoms with Crippen LogP contribution < -0.4 is 20.4 Å². The minimum Gasteiger partial charge on any atom is -0.378 e. The largest absolute Gasteiger partial charge is 0.378 e. The summed E-state index contributed by atoms with van der Waals surface area (Å²) < 4.78 is 17.3. The second kappa shape index (κ2) is 10.9. The molecule has 2 aromatic heterocycles. The summed E-state index contributed by atoms with van der Waals surface area (Å²) in [5.41, 5.74) is 2.10. The molecule has 2 N–H and O–H groups in total. The second-order valence-corrected chi connectivity index (χ2v) is 9.35. The maximum absolute atomic E-state index is 12.3. The van der Waals surface area contributed by atoms with Gasteiger partial charge in [-0.25, -0.2) is 4.79 Å². The number of rotatable bonds is 5. The van der Waals surface area contributed by atoms with E-state index in [1.807, 2.05) is 24.3 Å². The number of anilines is 4. The number of carbonyl (C=O) groups is 1. The van der Waals surface area contributed by atoms with Crippen LogP contribution in [0.5, 0.6) is 0 Å². The molecule has 12 heteroatoms. The van der Waals surface area contributed by atoms with Crippen LogP contribution in [0.1, 0.15) is 12.8 Å². The van der Waals surface area contributed by atoms with Gasteiger partial charge in [0.05, 0.1) is 38.3 Å². The number of hydrogen-bond acceptors (Lipinski definition) is 10. The molecule has 3 aliphatic heterocycles. The topological polar surface area (TPSA) is 127 Å². The lowest BCUT2D eigenvalue weighted by Gasteiger charge is -2.37. The first-order valence-corrected chi connectivity index (χ1v) is 12.9. The molecule has 0 radical (unpaired) electrons. The van der Waals surface area contributed by atoms with E-state index in [0.717, 1.165) is 44.6 Å². The van der Waals surface area contributed by atoms with Crippen molar-refractivity contribution >= 4 is 29.3 Å². The number of morpholine rings is 1. The third-order valence-corrected chi connectivity index (χ3v) is 6.85. The standard InChI is InChI=1S/C26H30N8O4/c35-25(29-21-2-1-9-27-18-21)28-20-5-3-19(4-6-20)22-30-23(32-24(31-22)34-12-14-36-15-13-34)33-10-7-26(8-11-33)37-16-17-38-26/h1-6,9,18H,7-8,10-17H2,(H2,28,29,35). The Labute approximate surface area is 220 Å². The normalized spacial score (nSPS) is 18.9. The van der Waals surface area contributed by atoms with Crippen LogP contribution in [-0.4, -0.2) is 84.4 Å². The van der Waals surface area contributed by atoms with Gasteiger partial charge in [0, 0.05) is 56.5 Å². The van der Waals surface area contributed by atoms with Gasteiger partial charge in [-0.3, -0.25) is 4.98 Å². The summed E-state index contributed by atoms with van der Waals surface area (Å²) in [6.45, 7) is 5.49. The van der Waals surface area contributed by atoms with Gasteiger partial charge in [-0.2, -0.15) is 15.0 Å². The third kappa shape index (κ3) is 5.52. The first-order valence-electron chi connectivity index (χ1n) is 12.9. The highest BCUT2D eigenvalue weighted by molar-refractivity contribution is 5.99. The van der Waals surface area contributed by atoms with Crippen LogP contribution in [0.3, 0.4) is 0 Å². The van der Waals surface area contributed by atoms with E-state index in [0.29, 0.717) is 55.5 Å². The highest BCUT2D eigenvalue weighted by atomic mass is 16.7. The minimum absolute atomic E-state index is 0.346. The molecule has 1 aromatic carbocycles. The fourth-order valence-corrected chi connectivity index (χ4v) is 4.80. The van der Waals surface area contributed by atoms with Crippen LogP contribution in [0.4, 0.5) is 28.1 Å². The summed E-state index contributed by atoms with van der Waals surface area (Å²) in [4.78, 5) is 35.1. The predicted octanol–water partition coefficient (Wildman–Crippen LogP) is 2.76. The molecule has 0 atom stereocenters. The zero-order valence-corrected chi connectivity index (χ0v) is 21.0. The lowest BCUT2D eigenvalue weighted by Crippen LogP contribution is -2.46. The van der Waals surface area contributed by atoms with E-state index in [-0.39, 0.29) is 6.03 Å². The first-order chi connectivity index (χ1) is 18.7. The van der Waals surface area contributed by atoms with Gasteiger partial charge in [0.1, 0.15) is 0 Å². The molecule has 5 heterocycles. The molecule has 2 amide bonds. The molecular formula is C26H30N8O4. The highest BCUT2D eigenvalue weighted by Crippen LogP contribution is 2.33. The average molecular weight is 519 g/mol. The first kappa shape index (κ1) is 24.5. The summed E-state index contributed by atoms with van der Waals surface area (Å²) in [6.07, 6.45) is 4.77. The van der Waals surface area contributed by atoms with E-state index in [9.17, 15) is 4.79 Å². The van der Waals surface area contributed by atoms with Crippen LogP contribution in [-0.2, 0) is 14.2 Å². The lowest BCUT2D eigenvalue weighted by atomic mass is 10.0. The number of urea groups is 1. The molecule has 3 saturated heterocycles. The Kier molecular flexibility index (Phi) is 6.99. The van der Waals surface area contributed by atoms with Crippen LogP contribution in [0.25, 0.3) is 11.4 Å². The molecule has 1 spiro atoms. The Hall–Kier alpha value is -3.87. The Morgan fingerprint density at radius 3 is 2.11 bits per heavy atom. The molecule has 6 rings (SSSR count).